The van der Waals surface area contributed by atoms with Gasteiger partial charge < -0.3 is 15.5 Å². The van der Waals surface area contributed by atoms with Gasteiger partial charge in [-0.15, -0.1) is 0 Å². The second kappa shape index (κ2) is 11.2. The number of benzene rings is 2. The predicted octanol–water partition coefficient (Wildman–Crippen LogP) is 4.76. The molecule has 0 unspecified atom stereocenters. The molecule has 0 bridgehead atoms. The molecule has 0 aliphatic heterocycles. The quantitative estimate of drug-likeness (QED) is 0.396. The van der Waals surface area contributed by atoms with Gasteiger partial charge >= 0.3 is 6.01 Å². The Balaban J connectivity index is 1.86. The third-order valence-electron chi connectivity index (χ3n) is 5.62. The molecular formula is C25H29ClN4O3. The van der Waals surface area contributed by atoms with Crippen LogP contribution in [0.1, 0.15) is 45.1 Å². The first-order valence-corrected chi connectivity index (χ1v) is 11.5. The van der Waals surface area contributed by atoms with Crippen LogP contribution in [0.3, 0.4) is 0 Å². The average molecular weight is 469 g/mol. The number of aromatic nitrogens is 3. The minimum Gasteiger partial charge on any atom is -0.479 e. The Hall–Kier alpha value is -3.03. The summed E-state index contributed by atoms with van der Waals surface area (Å²) in [7, 11) is 0. The van der Waals surface area contributed by atoms with Gasteiger partial charge in [0.1, 0.15) is 0 Å². The Morgan fingerprint density at radius 1 is 1.00 bits per heavy atom. The topological polar surface area (TPSA) is 108 Å². The molecule has 33 heavy (non-hydrogen) atoms. The number of hydrogen-bond acceptors (Lipinski definition) is 6. The Morgan fingerprint density at radius 2 is 1.67 bits per heavy atom. The monoisotopic (exact) mass is 468 g/mol. The van der Waals surface area contributed by atoms with Gasteiger partial charge in [0, 0.05) is 17.7 Å². The normalized spacial score (nSPS) is 11.4. The summed E-state index contributed by atoms with van der Waals surface area (Å²) in [5.41, 5.74) is 1.28. The lowest BCUT2D eigenvalue weighted by Crippen LogP contribution is -2.43. The van der Waals surface area contributed by atoms with Crippen LogP contribution in [-0.4, -0.2) is 37.7 Å². The molecule has 0 spiro atoms. The summed E-state index contributed by atoms with van der Waals surface area (Å²) in [5, 5.41) is 23.4. The van der Waals surface area contributed by atoms with Gasteiger partial charge in [0.2, 0.25) is 5.91 Å². The van der Waals surface area contributed by atoms with Gasteiger partial charge in [-0.1, -0.05) is 74.7 Å². The van der Waals surface area contributed by atoms with E-state index in [1.807, 2.05) is 50.2 Å². The standard InChI is InChI=1S/C25H29ClN4O3/c1-3-12-25(16-31,13-4-2)23(32)27-15-17-10-11-20(26)19(14-17)22-28-21(29-24(33)30-22)18-8-6-5-7-9-18/h5-11,14,31H,3-4,12-13,15-16H2,1-2H3,(H,27,32)(H,28,29,30,33). The van der Waals surface area contributed by atoms with Crippen molar-refractivity contribution in [3.8, 4) is 28.8 Å². The van der Waals surface area contributed by atoms with Crippen LogP contribution in [0, 0.1) is 5.41 Å². The van der Waals surface area contributed by atoms with E-state index in [1.54, 1.807) is 12.1 Å². The summed E-state index contributed by atoms with van der Waals surface area (Å²) >= 11 is 6.42. The third-order valence-corrected chi connectivity index (χ3v) is 5.95. The fourth-order valence-electron chi connectivity index (χ4n) is 3.96. The van der Waals surface area contributed by atoms with E-state index in [9.17, 15) is 15.0 Å². The maximum Gasteiger partial charge on any atom is 0.318 e. The zero-order chi connectivity index (χ0) is 23.8. The van der Waals surface area contributed by atoms with Crippen LogP contribution in [0.15, 0.2) is 48.5 Å². The predicted molar refractivity (Wildman–Crippen MR) is 129 cm³/mol. The van der Waals surface area contributed by atoms with E-state index in [-0.39, 0.29) is 24.9 Å². The first-order valence-electron chi connectivity index (χ1n) is 11.1. The lowest BCUT2D eigenvalue weighted by Gasteiger charge is -2.30. The summed E-state index contributed by atoms with van der Waals surface area (Å²) in [4.78, 5) is 25.5. The molecule has 3 aromatic rings. The number of carbonyl (C=O) groups excluding carboxylic acids is 1. The number of halogens is 1. The molecule has 0 aliphatic carbocycles. The lowest BCUT2D eigenvalue weighted by molar-refractivity contribution is -0.134. The lowest BCUT2D eigenvalue weighted by atomic mass is 9.79. The SMILES string of the molecule is CCCC(CO)(CCC)C(=O)NCc1ccc(Cl)c(-c2nc(O)nc(-c3ccccc3)n2)c1. The second-order valence-electron chi connectivity index (χ2n) is 8.08. The molecule has 8 heteroatoms. The number of nitrogens with zero attached hydrogens (tertiary/aromatic N) is 3. The average Bonchev–Trinajstić information content (AvgIpc) is 2.83. The molecule has 2 aromatic carbocycles. The first kappa shape index (κ1) is 24.6. The van der Waals surface area contributed by atoms with Crippen molar-refractivity contribution >= 4 is 17.5 Å². The van der Waals surface area contributed by atoms with Gasteiger partial charge in [-0.3, -0.25) is 4.79 Å². The fraction of sp³-hybridized carbons (Fsp3) is 0.360. The van der Waals surface area contributed by atoms with Gasteiger partial charge in [0.15, 0.2) is 11.6 Å². The van der Waals surface area contributed by atoms with Crippen LogP contribution in [0.25, 0.3) is 22.8 Å². The number of amides is 1. The number of carbonyl (C=O) groups is 1. The van der Waals surface area contributed by atoms with E-state index >= 15 is 0 Å². The van der Waals surface area contributed by atoms with Gasteiger partial charge in [-0.25, -0.2) is 4.98 Å². The molecule has 0 saturated heterocycles. The number of rotatable bonds is 10. The number of hydrogen-bond donors (Lipinski definition) is 3. The Morgan fingerprint density at radius 3 is 2.30 bits per heavy atom. The zero-order valence-electron chi connectivity index (χ0n) is 18.9. The molecule has 0 saturated carbocycles. The van der Waals surface area contributed by atoms with Crippen molar-refractivity contribution in [2.45, 2.75) is 46.1 Å². The fourth-order valence-corrected chi connectivity index (χ4v) is 4.17. The molecule has 1 aromatic heterocycles. The van der Waals surface area contributed by atoms with Crippen LogP contribution >= 0.6 is 11.6 Å². The molecule has 7 nitrogen and oxygen atoms in total. The molecular weight excluding hydrogens is 440 g/mol. The van der Waals surface area contributed by atoms with Crippen molar-refractivity contribution < 1.29 is 15.0 Å². The maximum absolute atomic E-state index is 13.0. The minimum atomic E-state index is -0.774. The molecule has 3 rings (SSSR count). The molecule has 0 radical (unpaired) electrons. The van der Waals surface area contributed by atoms with Crippen LogP contribution in [0.2, 0.25) is 5.02 Å². The molecule has 0 fully saturated rings. The first-order chi connectivity index (χ1) is 15.9. The summed E-state index contributed by atoms with van der Waals surface area (Å²) in [5.74, 6) is 0.412. The highest BCUT2D eigenvalue weighted by molar-refractivity contribution is 6.33. The zero-order valence-corrected chi connectivity index (χ0v) is 19.6. The van der Waals surface area contributed by atoms with E-state index in [2.05, 4.69) is 20.3 Å². The largest absolute Gasteiger partial charge is 0.479 e. The van der Waals surface area contributed by atoms with Crippen molar-refractivity contribution in [2.24, 2.45) is 5.41 Å². The van der Waals surface area contributed by atoms with Crippen LogP contribution in [-0.2, 0) is 11.3 Å². The number of aromatic hydroxyl groups is 1. The van der Waals surface area contributed by atoms with Crippen molar-refractivity contribution in [2.75, 3.05) is 6.61 Å². The van der Waals surface area contributed by atoms with Crippen molar-refractivity contribution in [1.29, 1.82) is 0 Å². The number of aliphatic hydroxyl groups is 1. The highest BCUT2D eigenvalue weighted by Gasteiger charge is 2.35. The van der Waals surface area contributed by atoms with Crippen molar-refractivity contribution in [1.82, 2.24) is 20.3 Å². The summed E-state index contributed by atoms with van der Waals surface area (Å²) < 4.78 is 0. The molecule has 0 atom stereocenters. The van der Waals surface area contributed by atoms with Gasteiger partial charge in [-0.2, -0.15) is 9.97 Å². The van der Waals surface area contributed by atoms with Crippen molar-refractivity contribution in [3.05, 3.63) is 59.1 Å². The smallest absolute Gasteiger partial charge is 0.318 e. The highest BCUT2D eigenvalue weighted by Crippen LogP contribution is 2.31. The van der Waals surface area contributed by atoms with E-state index in [0.29, 0.717) is 29.3 Å². The van der Waals surface area contributed by atoms with E-state index in [1.165, 1.54) is 0 Å². The van der Waals surface area contributed by atoms with E-state index in [0.717, 1.165) is 24.0 Å². The third kappa shape index (κ3) is 5.86. The molecule has 174 valence electrons. The Labute approximate surface area is 198 Å². The van der Waals surface area contributed by atoms with Gasteiger partial charge in [0.05, 0.1) is 17.0 Å². The maximum atomic E-state index is 13.0. The van der Waals surface area contributed by atoms with Crippen LogP contribution < -0.4 is 5.32 Å². The van der Waals surface area contributed by atoms with Gasteiger partial charge in [-0.05, 0) is 30.5 Å². The number of nitrogens with one attached hydrogen (secondary N) is 1. The summed E-state index contributed by atoms with van der Waals surface area (Å²) in [6.07, 6.45) is 2.88. The molecule has 0 aliphatic rings. The van der Waals surface area contributed by atoms with Crippen molar-refractivity contribution in [3.63, 3.8) is 0 Å². The molecule has 1 heterocycles. The minimum absolute atomic E-state index is 0.158. The van der Waals surface area contributed by atoms with E-state index in [4.69, 9.17) is 11.6 Å². The summed E-state index contributed by atoms with van der Waals surface area (Å²) in [6, 6.07) is 14.2. The second-order valence-corrected chi connectivity index (χ2v) is 8.49. The summed E-state index contributed by atoms with van der Waals surface area (Å²) in [6.45, 7) is 4.10. The van der Waals surface area contributed by atoms with Crippen LogP contribution in [0.5, 0.6) is 6.01 Å². The molecule has 3 N–H and O–H groups in total. The Kier molecular flexibility index (Phi) is 8.36. The van der Waals surface area contributed by atoms with E-state index < -0.39 is 11.4 Å². The Bertz CT molecular complexity index is 1090. The van der Waals surface area contributed by atoms with Crippen LogP contribution in [0.4, 0.5) is 0 Å². The highest BCUT2D eigenvalue weighted by atomic mass is 35.5. The number of aliphatic hydroxyl groups excluding tert-OH is 1. The van der Waals surface area contributed by atoms with Gasteiger partial charge in [0.25, 0.3) is 0 Å². The molecule has 1 amide bonds.